The maximum Gasteiger partial charge on any atom is 0.260 e. The van der Waals surface area contributed by atoms with Crippen LogP contribution < -0.4 is 15.6 Å². The van der Waals surface area contributed by atoms with Gasteiger partial charge in [-0.2, -0.15) is 0 Å². The van der Waals surface area contributed by atoms with Crippen LogP contribution in [-0.2, 0) is 0 Å². The zero-order chi connectivity index (χ0) is 18.1. The third-order valence-electron chi connectivity index (χ3n) is 4.77. The van der Waals surface area contributed by atoms with E-state index in [0.29, 0.717) is 6.61 Å². The van der Waals surface area contributed by atoms with Gasteiger partial charge >= 0.3 is 0 Å². The predicted molar refractivity (Wildman–Crippen MR) is 101 cm³/mol. The molecule has 26 heavy (non-hydrogen) atoms. The number of carbonyl (C=O) groups excluding carboxylic acids is 1. The van der Waals surface area contributed by atoms with E-state index in [9.17, 15) is 9.59 Å². The van der Waals surface area contributed by atoms with E-state index in [1.165, 1.54) is 0 Å². The van der Waals surface area contributed by atoms with Gasteiger partial charge in [0.05, 0.1) is 12.6 Å². The van der Waals surface area contributed by atoms with Crippen molar-refractivity contribution in [3.05, 3.63) is 75.7 Å². The van der Waals surface area contributed by atoms with Gasteiger partial charge in [-0.3, -0.25) is 9.59 Å². The molecule has 2 N–H and O–H groups in total. The first kappa shape index (κ1) is 16.4. The van der Waals surface area contributed by atoms with Gasteiger partial charge in [0.2, 0.25) is 0 Å². The van der Waals surface area contributed by atoms with Crippen molar-refractivity contribution in [2.75, 3.05) is 6.61 Å². The molecule has 1 aromatic heterocycles. The fourth-order valence-electron chi connectivity index (χ4n) is 3.45. The summed E-state index contributed by atoms with van der Waals surface area (Å²) in [6.45, 7) is 2.39. The van der Waals surface area contributed by atoms with Gasteiger partial charge < -0.3 is 15.0 Å². The lowest BCUT2D eigenvalue weighted by Crippen LogP contribution is -2.32. The highest BCUT2D eigenvalue weighted by Gasteiger charge is 2.24. The van der Waals surface area contributed by atoms with E-state index in [-0.39, 0.29) is 23.1 Å². The maximum atomic E-state index is 12.7. The highest BCUT2D eigenvalue weighted by molar-refractivity contribution is 5.94. The smallest absolute Gasteiger partial charge is 0.260 e. The van der Waals surface area contributed by atoms with E-state index in [4.69, 9.17) is 4.74 Å². The molecule has 0 saturated heterocycles. The zero-order valence-electron chi connectivity index (χ0n) is 14.5. The first-order valence-corrected chi connectivity index (χ1v) is 8.79. The average molecular weight is 348 g/mol. The summed E-state index contributed by atoms with van der Waals surface area (Å²) >= 11 is 0. The molecule has 5 heteroatoms. The molecule has 132 valence electrons. The summed E-state index contributed by atoms with van der Waals surface area (Å²) in [6, 6.07) is 15.2. The Kier molecular flexibility index (Phi) is 4.21. The Bertz CT molecular complexity index is 1040. The molecule has 1 amide bonds. The molecule has 1 atom stereocenters. The Morgan fingerprint density at radius 2 is 2.00 bits per heavy atom. The summed E-state index contributed by atoms with van der Waals surface area (Å²) in [5.74, 6) is 0.459. The number of aromatic amines is 1. The van der Waals surface area contributed by atoms with E-state index in [1.54, 1.807) is 19.1 Å². The van der Waals surface area contributed by atoms with Crippen LogP contribution in [0.25, 0.3) is 10.8 Å². The summed E-state index contributed by atoms with van der Waals surface area (Å²) in [4.78, 5) is 27.4. The minimum absolute atomic E-state index is 0.128. The van der Waals surface area contributed by atoms with Crippen LogP contribution in [0.4, 0.5) is 0 Å². The number of pyridine rings is 1. The summed E-state index contributed by atoms with van der Waals surface area (Å²) < 4.78 is 6.00. The molecule has 0 bridgehead atoms. The molecule has 4 rings (SSSR count). The molecule has 3 aromatic rings. The van der Waals surface area contributed by atoms with Crippen molar-refractivity contribution in [3.8, 4) is 5.75 Å². The number of rotatable bonds is 2. The third kappa shape index (κ3) is 2.96. The fourth-order valence-corrected chi connectivity index (χ4v) is 3.45. The number of aromatic nitrogens is 1. The quantitative estimate of drug-likeness (QED) is 0.745. The number of benzene rings is 2. The SMILES string of the molecule is Cc1ccc(C(=O)N[C@@H]2CCCOc3c2ccc2ccccc32)c(=O)[nH]1. The van der Waals surface area contributed by atoms with Gasteiger partial charge in [-0.25, -0.2) is 0 Å². The van der Waals surface area contributed by atoms with Crippen LogP contribution in [-0.4, -0.2) is 17.5 Å². The Morgan fingerprint density at radius 3 is 2.85 bits per heavy atom. The van der Waals surface area contributed by atoms with Crippen LogP contribution in [0.3, 0.4) is 0 Å². The summed E-state index contributed by atoms with van der Waals surface area (Å²) in [7, 11) is 0. The van der Waals surface area contributed by atoms with Crippen LogP contribution >= 0.6 is 0 Å². The number of aryl methyl sites for hydroxylation is 1. The van der Waals surface area contributed by atoms with Crippen molar-refractivity contribution in [2.45, 2.75) is 25.8 Å². The number of amides is 1. The average Bonchev–Trinajstić information content (AvgIpc) is 2.84. The molecule has 5 nitrogen and oxygen atoms in total. The van der Waals surface area contributed by atoms with Crippen molar-refractivity contribution in [1.82, 2.24) is 10.3 Å². The first-order chi connectivity index (χ1) is 12.6. The van der Waals surface area contributed by atoms with Gasteiger partial charge in [0, 0.05) is 16.6 Å². The molecule has 0 unspecified atom stereocenters. The highest BCUT2D eigenvalue weighted by atomic mass is 16.5. The number of carbonyl (C=O) groups is 1. The molecular formula is C21H20N2O3. The van der Waals surface area contributed by atoms with E-state index in [1.807, 2.05) is 36.4 Å². The minimum atomic E-state index is -0.369. The van der Waals surface area contributed by atoms with Crippen LogP contribution in [0.1, 0.15) is 40.5 Å². The zero-order valence-corrected chi connectivity index (χ0v) is 14.5. The predicted octanol–water partition coefficient (Wildman–Crippen LogP) is 3.48. The van der Waals surface area contributed by atoms with Crippen LogP contribution in [0.2, 0.25) is 0 Å². The number of hydrogen-bond donors (Lipinski definition) is 2. The maximum absolute atomic E-state index is 12.7. The highest BCUT2D eigenvalue weighted by Crippen LogP contribution is 2.37. The minimum Gasteiger partial charge on any atom is -0.493 e. The van der Waals surface area contributed by atoms with Crippen molar-refractivity contribution in [3.63, 3.8) is 0 Å². The van der Waals surface area contributed by atoms with Crippen molar-refractivity contribution in [1.29, 1.82) is 0 Å². The van der Waals surface area contributed by atoms with E-state index >= 15 is 0 Å². The van der Waals surface area contributed by atoms with Crippen LogP contribution in [0, 0.1) is 6.92 Å². The summed E-state index contributed by atoms with van der Waals surface area (Å²) in [5.41, 5.74) is 1.44. The van der Waals surface area contributed by atoms with Crippen molar-refractivity contribution >= 4 is 16.7 Å². The number of hydrogen-bond acceptors (Lipinski definition) is 3. The van der Waals surface area contributed by atoms with E-state index in [0.717, 1.165) is 40.6 Å². The van der Waals surface area contributed by atoms with Gasteiger partial charge in [-0.1, -0.05) is 36.4 Å². The molecule has 0 saturated carbocycles. The second-order valence-corrected chi connectivity index (χ2v) is 6.61. The van der Waals surface area contributed by atoms with Gasteiger partial charge in [-0.15, -0.1) is 0 Å². The fraction of sp³-hybridized carbons (Fsp3) is 0.238. The van der Waals surface area contributed by atoms with Gasteiger partial charge in [0.15, 0.2) is 0 Å². The molecule has 0 fully saturated rings. The number of fused-ring (bicyclic) bond motifs is 3. The number of ether oxygens (including phenoxy) is 1. The Hall–Kier alpha value is -3.08. The Morgan fingerprint density at radius 1 is 1.15 bits per heavy atom. The van der Waals surface area contributed by atoms with E-state index in [2.05, 4.69) is 10.3 Å². The van der Waals surface area contributed by atoms with Crippen LogP contribution in [0.5, 0.6) is 5.75 Å². The molecule has 0 spiro atoms. The molecule has 1 aliphatic rings. The second kappa shape index (κ2) is 6.67. The lowest BCUT2D eigenvalue weighted by Gasteiger charge is -2.19. The van der Waals surface area contributed by atoms with Crippen molar-refractivity contribution < 1.29 is 9.53 Å². The topological polar surface area (TPSA) is 71.2 Å². The van der Waals surface area contributed by atoms with Crippen molar-refractivity contribution in [2.24, 2.45) is 0 Å². The van der Waals surface area contributed by atoms with Gasteiger partial charge in [0.25, 0.3) is 11.5 Å². The summed E-state index contributed by atoms with van der Waals surface area (Å²) in [6.07, 6.45) is 1.60. The molecule has 2 aromatic carbocycles. The monoisotopic (exact) mass is 348 g/mol. The van der Waals surface area contributed by atoms with E-state index < -0.39 is 0 Å². The molecular weight excluding hydrogens is 328 g/mol. The second-order valence-electron chi connectivity index (χ2n) is 6.61. The summed E-state index contributed by atoms with van der Waals surface area (Å²) in [5, 5.41) is 5.16. The number of H-pyrrole nitrogens is 1. The molecule has 0 radical (unpaired) electrons. The molecule has 2 heterocycles. The molecule has 0 aliphatic carbocycles. The van der Waals surface area contributed by atoms with Gasteiger partial charge in [0.1, 0.15) is 11.3 Å². The normalized spacial score (nSPS) is 16.4. The Labute approximate surface area is 151 Å². The third-order valence-corrected chi connectivity index (χ3v) is 4.77. The Balaban J connectivity index is 1.71. The van der Waals surface area contributed by atoms with Gasteiger partial charge in [-0.05, 0) is 37.3 Å². The first-order valence-electron chi connectivity index (χ1n) is 8.79. The van der Waals surface area contributed by atoms with Crippen LogP contribution in [0.15, 0.2) is 53.3 Å². The lowest BCUT2D eigenvalue weighted by atomic mass is 9.97. The largest absolute Gasteiger partial charge is 0.493 e. The number of nitrogens with one attached hydrogen (secondary N) is 2. The standard InChI is InChI=1S/C21H20N2O3/c1-13-8-10-17(20(24)22-13)21(25)23-18-7-4-12-26-19-15-6-3-2-5-14(15)9-11-16(18)19/h2-3,5-6,8-11,18H,4,7,12H2,1H3,(H,22,24)(H,23,25)/t18-/m1/s1. The molecule has 1 aliphatic heterocycles. The lowest BCUT2D eigenvalue weighted by molar-refractivity contribution is 0.0933.